The van der Waals surface area contributed by atoms with Crippen LogP contribution in [0.2, 0.25) is 0 Å². The van der Waals surface area contributed by atoms with Crippen molar-refractivity contribution in [2.45, 2.75) is 36.6 Å². The highest BCUT2D eigenvalue weighted by Crippen LogP contribution is 2.19. The third kappa shape index (κ3) is 1.33. The van der Waals surface area contributed by atoms with Gasteiger partial charge in [-0.25, -0.2) is 0 Å². The summed E-state index contributed by atoms with van der Waals surface area (Å²) in [6.07, 6.45) is -7.43. The minimum atomic E-state index is -1.56. The Kier molecular flexibility index (Phi) is 2.67. The van der Waals surface area contributed by atoms with Crippen LogP contribution in [0.25, 0.3) is 0 Å². The average molecular weight is 179 g/mol. The predicted octanol–water partition coefficient (Wildman–Crippen LogP) is -3.87. The molecular formula is C6H13NO5. The fraction of sp³-hybridized carbons (Fsp3) is 1.00. The van der Waals surface area contributed by atoms with E-state index in [1.165, 1.54) is 0 Å². The molecule has 0 aliphatic heterocycles. The highest BCUT2D eigenvalue weighted by atomic mass is 16.4. The van der Waals surface area contributed by atoms with E-state index in [-0.39, 0.29) is 0 Å². The summed E-state index contributed by atoms with van der Waals surface area (Å²) in [5.41, 5.74) is 5.23. The molecule has 0 aromatic carbocycles. The molecule has 0 saturated heterocycles. The van der Waals surface area contributed by atoms with Crippen molar-refractivity contribution in [1.82, 2.24) is 0 Å². The van der Waals surface area contributed by atoms with Crippen LogP contribution >= 0.6 is 0 Å². The molecule has 2 unspecified atom stereocenters. The lowest BCUT2D eigenvalue weighted by molar-refractivity contribution is -0.184. The summed E-state index contributed by atoms with van der Waals surface area (Å²) in [4.78, 5) is 0. The average Bonchev–Trinajstić information content (AvgIpc) is 2.08. The fourth-order valence-corrected chi connectivity index (χ4v) is 1.26. The number of nitrogens with two attached hydrogens (primary N) is 1. The van der Waals surface area contributed by atoms with E-state index in [9.17, 15) is 0 Å². The van der Waals surface area contributed by atoms with Crippen LogP contribution in [0.1, 0.15) is 0 Å². The van der Waals surface area contributed by atoms with Crippen LogP contribution in [0.15, 0.2) is 0 Å². The third-order valence-electron chi connectivity index (χ3n) is 2.19. The Morgan fingerprint density at radius 1 is 0.583 bits per heavy atom. The van der Waals surface area contributed by atoms with Gasteiger partial charge in [-0.15, -0.1) is 0 Å². The van der Waals surface area contributed by atoms with Crippen molar-refractivity contribution in [3.8, 4) is 0 Å². The SMILES string of the molecule is NC1[C@H](O)[C@H](O)C(O)[C@H](O)[C@H]1O. The highest BCUT2D eigenvalue weighted by Gasteiger charge is 2.46. The molecule has 6 atom stereocenters. The van der Waals surface area contributed by atoms with Crippen LogP contribution in [0.3, 0.4) is 0 Å². The van der Waals surface area contributed by atoms with Crippen LogP contribution < -0.4 is 5.73 Å². The standard InChI is InChI=1S/C6H13NO5/c7-1-2(8)4(10)6(12)5(11)3(1)9/h1-6,8-12H,7H2/t1?,2-,3-,4-,5+,6?/m0/s1. The van der Waals surface area contributed by atoms with Gasteiger partial charge in [0.1, 0.15) is 30.5 Å². The van der Waals surface area contributed by atoms with Crippen LogP contribution in [-0.2, 0) is 0 Å². The van der Waals surface area contributed by atoms with E-state index >= 15 is 0 Å². The van der Waals surface area contributed by atoms with E-state index in [0.29, 0.717) is 0 Å². The van der Waals surface area contributed by atoms with Gasteiger partial charge in [0.15, 0.2) is 0 Å². The lowest BCUT2D eigenvalue weighted by Gasteiger charge is -2.40. The maximum absolute atomic E-state index is 9.10. The minimum Gasteiger partial charge on any atom is -0.389 e. The van der Waals surface area contributed by atoms with Crippen molar-refractivity contribution >= 4 is 0 Å². The van der Waals surface area contributed by atoms with Gasteiger partial charge < -0.3 is 31.3 Å². The van der Waals surface area contributed by atoms with E-state index in [1.807, 2.05) is 0 Å². The van der Waals surface area contributed by atoms with Crippen molar-refractivity contribution in [2.24, 2.45) is 5.73 Å². The number of aliphatic hydroxyl groups is 5. The maximum Gasteiger partial charge on any atom is 0.111 e. The second kappa shape index (κ2) is 3.25. The summed E-state index contributed by atoms with van der Waals surface area (Å²) < 4.78 is 0. The first-order valence-electron chi connectivity index (χ1n) is 3.62. The zero-order valence-corrected chi connectivity index (χ0v) is 6.28. The van der Waals surface area contributed by atoms with Crippen molar-refractivity contribution < 1.29 is 25.5 Å². The predicted molar refractivity (Wildman–Crippen MR) is 38.0 cm³/mol. The molecule has 1 rings (SSSR count). The Morgan fingerprint density at radius 2 is 0.833 bits per heavy atom. The molecular weight excluding hydrogens is 166 g/mol. The molecule has 6 nitrogen and oxygen atoms in total. The molecule has 6 heteroatoms. The van der Waals surface area contributed by atoms with Crippen LogP contribution in [0, 0.1) is 0 Å². The molecule has 0 aromatic rings. The lowest BCUT2D eigenvalue weighted by atomic mass is 9.84. The van der Waals surface area contributed by atoms with E-state index in [1.54, 1.807) is 0 Å². The van der Waals surface area contributed by atoms with Gasteiger partial charge in [0, 0.05) is 0 Å². The van der Waals surface area contributed by atoms with Gasteiger partial charge in [-0.3, -0.25) is 0 Å². The summed E-state index contributed by atoms with van der Waals surface area (Å²) in [5, 5.41) is 45.3. The number of aliphatic hydroxyl groups excluding tert-OH is 5. The molecule has 0 spiro atoms. The summed E-state index contributed by atoms with van der Waals surface area (Å²) in [7, 11) is 0. The minimum absolute atomic E-state index is 1.14. The quantitative estimate of drug-likeness (QED) is 0.226. The molecule has 0 aromatic heterocycles. The topological polar surface area (TPSA) is 127 Å². The summed E-state index contributed by atoms with van der Waals surface area (Å²) >= 11 is 0. The molecule has 0 bridgehead atoms. The Bertz CT molecular complexity index is 107. The first kappa shape index (κ1) is 9.85. The Hall–Kier alpha value is -0.240. The van der Waals surface area contributed by atoms with E-state index in [0.717, 1.165) is 0 Å². The van der Waals surface area contributed by atoms with Gasteiger partial charge in [-0.1, -0.05) is 0 Å². The molecule has 1 aliphatic carbocycles. The number of hydrogen-bond donors (Lipinski definition) is 6. The van der Waals surface area contributed by atoms with E-state index < -0.39 is 36.6 Å². The summed E-state index contributed by atoms with van der Waals surface area (Å²) in [6.45, 7) is 0. The first-order valence-corrected chi connectivity index (χ1v) is 3.62. The van der Waals surface area contributed by atoms with Gasteiger partial charge >= 0.3 is 0 Å². The Balaban J connectivity index is 2.76. The highest BCUT2D eigenvalue weighted by molar-refractivity contribution is 5.00. The van der Waals surface area contributed by atoms with Crippen molar-refractivity contribution in [3.05, 3.63) is 0 Å². The van der Waals surface area contributed by atoms with E-state index in [2.05, 4.69) is 0 Å². The monoisotopic (exact) mass is 179 g/mol. The Morgan fingerprint density at radius 3 is 1.17 bits per heavy atom. The molecule has 0 heterocycles. The lowest BCUT2D eigenvalue weighted by Crippen LogP contribution is -2.66. The first-order chi connectivity index (χ1) is 5.46. The van der Waals surface area contributed by atoms with Crippen LogP contribution in [-0.4, -0.2) is 62.1 Å². The van der Waals surface area contributed by atoms with Crippen molar-refractivity contribution in [1.29, 1.82) is 0 Å². The molecule has 0 amide bonds. The van der Waals surface area contributed by atoms with Gasteiger partial charge in [-0.2, -0.15) is 0 Å². The van der Waals surface area contributed by atoms with Crippen molar-refractivity contribution in [3.63, 3.8) is 0 Å². The molecule has 0 radical (unpaired) electrons. The summed E-state index contributed by atoms with van der Waals surface area (Å²) in [5.74, 6) is 0. The number of rotatable bonds is 0. The second-order valence-electron chi connectivity index (χ2n) is 3.03. The number of hydrogen-bond acceptors (Lipinski definition) is 6. The fourth-order valence-electron chi connectivity index (χ4n) is 1.26. The molecule has 7 N–H and O–H groups in total. The zero-order chi connectivity index (χ0) is 9.46. The van der Waals surface area contributed by atoms with Crippen LogP contribution in [0.5, 0.6) is 0 Å². The molecule has 72 valence electrons. The smallest absolute Gasteiger partial charge is 0.111 e. The normalized spacial score (nSPS) is 55.5. The van der Waals surface area contributed by atoms with Gasteiger partial charge in [0.05, 0.1) is 6.04 Å². The van der Waals surface area contributed by atoms with Gasteiger partial charge in [0.2, 0.25) is 0 Å². The van der Waals surface area contributed by atoms with Crippen LogP contribution in [0.4, 0.5) is 0 Å². The third-order valence-corrected chi connectivity index (χ3v) is 2.19. The molecule has 1 saturated carbocycles. The van der Waals surface area contributed by atoms with E-state index in [4.69, 9.17) is 31.3 Å². The maximum atomic E-state index is 9.10. The molecule has 1 aliphatic rings. The molecule has 1 fully saturated rings. The zero-order valence-electron chi connectivity index (χ0n) is 6.28. The van der Waals surface area contributed by atoms with Gasteiger partial charge in [0.25, 0.3) is 0 Å². The second-order valence-corrected chi connectivity index (χ2v) is 3.03. The summed E-state index contributed by atoms with van der Waals surface area (Å²) in [6, 6.07) is -1.14. The largest absolute Gasteiger partial charge is 0.389 e. The van der Waals surface area contributed by atoms with Gasteiger partial charge in [-0.05, 0) is 0 Å². The molecule has 12 heavy (non-hydrogen) atoms. The van der Waals surface area contributed by atoms with Crippen molar-refractivity contribution in [2.75, 3.05) is 0 Å². The Labute approximate surface area is 68.9 Å².